The molecule has 1 unspecified atom stereocenters. The predicted molar refractivity (Wildman–Crippen MR) is 142 cm³/mol. The van der Waals surface area contributed by atoms with E-state index in [9.17, 15) is 18.0 Å². The van der Waals surface area contributed by atoms with Crippen LogP contribution in [-0.4, -0.2) is 50.5 Å². The summed E-state index contributed by atoms with van der Waals surface area (Å²) in [4.78, 5) is 27.5. The van der Waals surface area contributed by atoms with Gasteiger partial charge in [0.05, 0.1) is 11.9 Å². The van der Waals surface area contributed by atoms with Gasteiger partial charge in [0.15, 0.2) is 0 Å². The smallest absolute Gasteiger partial charge is 0.242 e. The molecule has 9 heteroatoms. The third-order valence-electron chi connectivity index (χ3n) is 6.01. The van der Waals surface area contributed by atoms with Crippen LogP contribution in [0.25, 0.3) is 0 Å². The molecule has 0 spiro atoms. The fourth-order valence-corrected chi connectivity index (χ4v) is 4.99. The second-order valence-corrected chi connectivity index (χ2v) is 11.1. The van der Waals surface area contributed by atoms with E-state index in [1.807, 2.05) is 51.1 Å². The molecule has 35 heavy (non-hydrogen) atoms. The van der Waals surface area contributed by atoms with E-state index in [0.29, 0.717) is 23.7 Å². The summed E-state index contributed by atoms with van der Waals surface area (Å²) in [6, 6.07) is 12.0. The number of sulfonamides is 1. The van der Waals surface area contributed by atoms with Crippen molar-refractivity contribution in [3.05, 3.63) is 64.2 Å². The lowest BCUT2D eigenvalue weighted by Gasteiger charge is -2.30. The molecule has 0 aliphatic carbocycles. The van der Waals surface area contributed by atoms with Crippen LogP contribution in [0.15, 0.2) is 42.5 Å². The van der Waals surface area contributed by atoms with Crippen molar-refractivity contribution in [2.45, 2.75) is 59.5 Å². The van der Waals surface area contributed by atoms with Crippen LogP contribution in [0.2, 0.25) is 5.02 Å². The number of rotatable bonds is 12. The minimum absolute atomic E-state index is 0.0900. The number of benzene rings is 2. The quantitative estimate of drug-likeness (QED) is 0.447. The van der Waals surface area contributed by atoms with Gasteiger partial charge in [-0.25, -0.2) is 8.42 Å². The number of halogens is 1. The maximum absolute atomic E-state index is 13.3. The van der Waals surface area contributed by atoms with Crippen molar-refractivity contribution in [2.75, 3.05) is 23.7 Å². The summed E-state index contributed by atoms with van der Waals surface area (Å²) in [7, 11) is -3.54. The van der Waals surface area contributed by atoms with Crippen LogP contribution in [0.4, 0.5) is 5.69 Å². The summed E-state index contributed by atoms with van der Waals surface area (Å²) in [6.45, 7) is 8.34. The van der Waals surface area contributed by atoms with Crippen LogP contribution in [0.5, 0.6) is 0 Å². The van der Waals surface area contributed by atoms with E-state index in [1.165, 1.54) is 15.5 Å². The molecule has 0 saturated carbocycles. The Hall–Kier alpha value is -2.58. The molecule has 192 valence electrons. The molecule has 0 saturated heterocycles. The highest BCUT2D eigenvalue weighted by atomic mass is 35.5. The van der Waals surface area contributed by atoms with E-state index in [0.717, 1.165) is 23.1 Å². The van der Waals surface area contributed by atoms with E-state index >= 15 is 0 Å². The van der Waals surface area contributed by atoms with Crippen molar-refractivity contribution >= 4 is 39.1 Å². The Labute approximate surface area is 214 Å². The molecule has 1 N–H and O–H groups in total. The minimum atomic E-state index is -3.54. The molecule has 0 bridgehead atoms. The van der Waals surface area contributed by atoms with Gasteiger partial charge in [-0.15, -0.1) is 0 Å². The molecular formula is C26H36ClN3O4S. The van der Waals surface area contributed by atoms with E-state index in [4.69, 9.17) is 11.6 Å². The highest BCUT2D eigenvalue weighted by Crippen LogP contribution is 2.26. The molecule has 0 fully saturated rings. The molecule has 0 aromatic heterocycles. The van der Waals surface area contributed by atoms with Crippen LogP contribution < -0.4 is 9.62 Å². The highest BCUT2D eigenvalue weighted by molar-refractivity contribution is 7.92. The Morgan fingerprint density at radius 3 is 2.40 bits per heavy atom. The largest absolute Gasteiger partial charge is 0.354 e. The zero-order valence-electron chi connectivity index (χ0n) is 21.2. The first kappa shape index (κ1) is 28.7. The van der Waals surface area contributed by atoms with Crippen LogP contribution >= 0.6 is 11.6 Å². The number of anilines is 1. The lowest BCUT2D eigenvalue weighted by Crippen LogP contribution is -2.48. The van der Waals surface area contributed by atoms with Crippen molar-refractivity contribution in [3.63, 3.8) is 0 Å². The first-order chi connectivity index (χ1) is 16.5. The number of aryl methyl sites for hydroxylation is 1. The molecule has 7 nitrogen and oxygen atoms in total. The fraction of sp³-hybridized carbons (Fsp3) is 0.462. The standard InChI is InChI=1S/C26H36ClN3O4S/c1-6-16-28-26(32)21(4)29(18-22-12-7-8-13-23(22)27)25(31)15-10-17-30(35(5,33)34)24-14-9-11-19(2)20(24)3/h7-9,11-14,21H,6,10,15-18H2,1-5H3,(H,28,32). The maximum atomic E-state index is 13.3. The number of nitrogens with one attached hydrogen (secondary N) is 1. The van der Waals surface area contributed by atoms with Gasteiger partial charge in [-0.05, 0) is 62.4 Å². The summed E-state index contributed by atoms with van der Waals surface area (Å²) in [6.07, 6.45) is 2.35. The summed E-state index contributed by atoms with van der Waals surface area (Å²) >= 11 is 6.32. The van der Waals surface area contributed by atoms with Crippen LogP contribution in [0, 0.1) is 13.8 Å². The van der Waals surface area contributed by atoms with Crippen molar-refractivity contribution < 1.29 is 18.0 Å². The predicted octanol–water partition coefficient (Wildman–Crippen LogP) is 4.45. The molecular weight excluding hydrogens is 486 g/mol. The van der Waals surface area contributed by atoms with Crippen molar-refractivity contribution in [1.29, 1.82) is 0 Å². The van der Waals surface area contributed by atoms with Crippen LogP contribution in [0.1, 0.15) is 49.8 Å². The van der Waals surface area contributed by atoms with Gasteiger partial charge in [-0.3, -0.25) is 13.9 Å². The molecule has 0 aliphatic heterocycles. The maximum Gasteiger partial charge on any atom is 0.242 e. The average molecular weight is 522 g/mol. The third-order valence-corrected chi connectivity index (χ3v) is 7.56. The number of amides is 2. The third kappa shape index (κ3) is 7.97. The van der Waals surface area contributed by atoms with Gasteiger partial charge >= 0.3 is 0 Å². The SMILES string of the molecule is CCCNC(=O)C(C)N(Cc1ccccc1Cl)C(=O)CCCN(c1cccc(C)c1C)S(C)(=O)=O. The first-order valence-electron chi connectivity index (χ1n) is 11.8. The zero-order valence-corrected chi connectivity index (χ0v) is 22.7. The number of hydrogen-bond donors (Lipinski definition) is 1. The normalized spacial score (nSPS) is 12.2. The fourth-order valence-electron chi connectivity index (χ4n) is 3.78. The Kier molecular flexibility index (Phi) is 10.6. The van der Waals surface area contributed by atoms with Gasteiger partial charge in [0, 0.05) is 31.1 Å². The molecule has 2 rings (SSSR count). The van der Waals surface area contributed by atoms with E-state index < -0.39 is 16.1 Å². The van der Waals surface area contributed by atoms with E-state index in [2.05, 4.69) is 5.32 Å². The van der Waals surface area contributed by atoms with Gasteiger partial charge in [0.2, 0.25) is 21.8 Å². The highest BCUT2D eigenvalue weighted by Gasteiger charge is 2.27. The van der Waals surface area contributed by atoms with Crippen LogP contribution in [-0.2, 0) is 26.2 Å². The topological polar surface area (TPSA) is 86.8 Å². The summed E-state index contributed by atoms with van der Waals surface area (Å²) in [5, 5.41) is 3.36. The lowest BCUT2D eigenvalue weighted by atomic mass is 10.1. The average Bonchev–Trinajstić information content (AvgIpc) is 2.80. The molecule has 2 aromatic rings. The molecule has 2 amide bonds. The zero-order chi connectivity index (χ0) is 26.2. The van der Waals surface area contributed by atoms with Gasteiger partial charge < -0.3 is 10.2 Å². The minimum Gasteiger partial charge on any atom is -0.354 e. The Morgan fingerprint density at radius 1 is 1.09 bits per heavy atom. The van der Waals surface area contributed by atoms with Crippen molar-refractivity contribution in [3.8, 4) is 0 Å². The molecule has 0 radical (unpaired) electrons. The molecule has 2 aromatic carbocycles. The van der Waals surface area contributed by atoms with E-state index in [1.54, 1.807) is 19.1 Å². The van der Waals surface area contributed by atoms with Crippen molar-refractivity contribution in [2.24, 2.45) is 0 Å². The number of carbonyl (C=O) groups is 2. The summed E-state index contributed by atoms with van der Waals surface area (Å²) in [5.74, 6) is -0.473. The monoisotopic (exact) mass is 521 g/mol. The Morgan fingerprint density at radius 2 is 1.77 bits per heavy atom. The van der Waals surface area contributed by atoms with E-state index in [-0.39, 0.29) is 31.3 Å². The molecule has 0 aliphatic rings. The second kappa shape index (κ2) is 12.9. The Bertz CT molecular complexity index is 1140. The van der Waals surface area contributed by atoms with Gasteiger partial charge in [0.25, 0.3) is 0 Å². The van der Waals surface area contributed by atoms with Gasteiger partial charge in [-0.1, -0.05) is 48.9 Å². The first-order valence-corrected chi connectivity index (χ1v) is 14.0. The van der Waals surface area contributed by atoms with Crippen molar-refractivity contribution in [1.82, 2.24) is 10.2 Å². The van der Waals surface area contributed by atoms with Crippen LogP contribution in [0.3, 0.4) is 0 Å². The molecule has 0 heterocycles. The molecule has 1 atom stereocenters. The lowest BCUT2D eigenvalue weighted by molar-refractivity contribution is -0.140. The number of carbonyl (C=O) groups excluding carboxylic acids is 2. The second-order valence-electron chi connectivity index (χ2n) is 8.74. The van der Waals surface area contributed by atoms with Gasteiger partial charge in [0.1, 0.15) is 6.04 Å². The summed E-state index contributed by atoms with van der Waals surface area (Å²) < 4.78 is 26.4. The van der Waals surface area contributed by atoms with Gasteiger partial charge in [-0.2, -0.15) is 0 Å². The number of hydrogen-bond acceptors (Lipinski definition) is 4. The summed E-state index contributed by atoms with van der Waals surface area (Å²) in [5.41, 5.74) is 3.22. The number of nitrogens with zero attached hydrogens (tertiary/aromatic N) is 2. The Balaban J connectivity index is 2.20.